The maximum Gasteiger partial charge on any atom is 0.204 e. The van der Waals surface area contributed by atoms with E-state index in [1.807, 2.05) is 0 Å². The standard InChI is InChI=1S/C22H15BrClFO3S/c23-18-7-1-15(2-8-18)13-21(22(26)17-5-9-19(24)10-6-17)29(27,28)14-16-3-11-20(25)12-4-16/h1-13H,14H2/b21-13+. The number of carbonyl (C=O) groups is 1. The number of Topliss-reactive ketones (excluding diaryl/α,β-unsaturated/α-hetero) is 1. The highest BCUT2D eigenvalue weighted by Crippen LogP contribution is 2.24. The van der Waals surface area contributed by atoms with Gasteiger partial charge in [-0.2, -0.15) is 0 Å². The summed E-state index contributed by atoms with van der Waals surface area (Å²) >= 11 is 9.20. The lowest BCUT2D eigenvalue weighted by Gasteiger charge is -2.10. The number of halogens is 3. The van der Waals surface area contributed by atoms with Gasteiger partial charge in [0.15, 0.2) is 9.84 Å². The van der Waals surface area contributed by atoms with E-state index in [2.05, 4.69) is 15.9 Å². The van der Waals surface area contributed by atoms with E-state index in [-0.39, 0.29) is 10.5 Å². The van der Waals surface area contributed by atoms with Crippen molar-refractivity contribution in [2.24, 2.45) is 0 Å². The van der Waals surface area contributed by atoms with Crippen molar-refractivity contribution >= 4 is 49.2 Å². The van der Waals surface area contributed by atoms with Crippen molar-refractivity contribution in [1.29, 1.82) is 0 Å². The van der Waals surface area contributed by atoms with E-state index in [1.165, 1.54) is 54.6 Å². The summed E-state index contributed by atoms with van der Waals surface area (Å²) in [5.74, 6) is -1.52. The molecule has 3 aromatic carbocycles. The summed E-state index contributed by atoms with van der Waals surface area (Å²) in [5, 5.41) is 0.439. The first-order chi connectivity index (χ1) is 13.7. The van der Waals surface area contributed by atoms with Crippen LogP contribution in [0.25, 0.3) is 6.08 Å². The molecular formula is C22H15BrClFO3S. The molecule has 3 rings (SSSR count). The van der Waals surface area contributed by atoms with E-state index in [1.54, 1.807) is 24.3 Å². The molecule has 0 N–H and O–H groups in total. The Kier molecular flexibility index (Phi) is 6.67. The molecule has 0 fully saturated rings. The fraction of sp³-hybridized carbons (Fsp3) is 0.0455. The highest BCUT2D eigenvalue weighted by Gasteiger charge is 2.26. The summed E-state index contributed by atoms with van der Waals surface area (Å²) in [6, 6.07) is 18.1. The van der Waals surface area contributed by atoms with E-state index < -0.39 is 27.2 Å². The molecule has 7 heteroatoms. The third kappa shape index (κ3) is 5.63. The van der Waals surface area contributed by atoms with Crippen LogP contribution in [-0.2, 0) is 15.6 Å². The molecule has 3 aromatic rings. The molecule has 0 radical (unpaired) electrons. The van der Waals surface area contributed by atoms with Gasteiger partial charge in [0, 0.05) is 15.1 Å². The molecule has 0 aliphatic carbocycles. The number of allylic oxidation sites excluding steroid dienone is 1. The van der Waals surface area contributed by atoms with Crippen LogP contribution < -0.4 is 0 Å². The number of rotatable bonds is 6. The molecular weight excluding hydrogens is 479 g/mol. The Hall–Kier alpha value is -2.28. The maximum atomic E-state index is 13.2. The molecule has 148 valence electrons. The number of ketones is 1. The molecule has 0 spiro atoms. The molecule has 0 saturated heterocycles. The zero-order valence-electron chi connectivity index (χ0n) is 15.0. The number of hydrogen-bond acceptors (Lipinski definition) is 3. The fourth-order valence-electron chi connectivity index (χ4n) is 2.63. The summed E-state index contributed by atoms with van der Waals surface area (Å²) in [5.41, 5.74) is 1.16. The average Bonchev–Trinajstić information content (AvgIpc) is 2.69. The van der Waals surface area contributed by atoms with Crippen LogP contribution in [0.2, 0.25) is 5.02 Å². The zero-order valence-corrected chi connectivity index (χ0v) is 18.1. The minimum Gasteiger partial charge on any atom is -0.288 e. The number of benzene rings is 3. The van der Waals surface area contributed by atoms with Gasteiger partial charge in [-0.3, -0.25) is 4.79 Å². The Morgan fingerprint density at radius 3 is 2.10 bits per heavy atom. The van der Waals surface area contributed by atoms with Crippen LogP contribution in [0.5, 0.6) is 0 Å². The lowest BCUT2D eigenvalue weighted by molar-refractivity contribution is 0.104. The minimum atomic E-state index is -4.01. The van der Waals surface area contributed by atoms with Gasteiger partial charge >= 0.3 is 0 Å². The molecule has 0 bridgehead atoms. The van der Waals surface area contributed by atoms with Gasteiger partial charge < -0.3 is 0 Å². The molecule has 29 heavy (non-hydrogen) atoms. The third-order valence-electron chi connectivity index (χ3n) is 4.10. The molecule has 0 aromatic heterocycles. The maximum absolute atomic E-state index is 13.2. The van der Waals surface area contributed by atoms with Crippen molar-refractivity contribution in [3.8, 4) is 0 Å². The monoisotopic (exact) mass is 492 g/mol. The van der Waals surface area contributed by atoms with Crippen LogP contribution in [0.4, 0.5) is 4.39 Å². The minimum absolute atomic E-state index is 0.209. The number of hydrogen-bond donors (Lipinski definition) is 0. The Labute approximate surface area is 181 Å². The smallest absolute Gasteiger partial charge is 0.204 e. The van der Waals surface area contributed by atoms with Crippen molar-refractivity contribution in [2.75, 3.05) is 0 Å². The van der Waals surface area contributed by atoms with Gasteiger partial charge in [-0.15, -0.1) is 0 Å². The molecule has 0 atom stereocenters. The first-order valence-electron chi connectivity index (χ1n) is 8.49. The lowest BCUT2D eigenvalue weighted by atomic mass is 10.1. The van der Waals surface area contributed by atoms with Crippen molar-refractivity contribution in [1.82, 2.24) is 0 Å². The SMILES string of the molecule is O=C(/C(=C\c1ccc(Br)cc1)S(=O)(=O)Cc1ccc(F)cc1)c1ccc(Cl)cc1. The largest absolute Gasteiger partial charge is 0.288 e. The first kappa shape index (κ1) is 21.4. The molecule has 0 aliphatic heterocycles. The fourth-order valence-corrected chi connectivity index (χ4v) is 4.52. The Bertz CT molecular complexity index is 1150. The second kappa shape index (κ2) is 9.03. The third-order valence-corrected chi connectivity index (χ3v) is 6.57. The molecule has 0 aliphatic rings. The van der Waals surface area contributed by atoms with Crippen molar-refractivity contribution in [2.45, 2.75) is 5.75 Å². The van der Waals surface area contributed by atoms with Gasteiger partial charge in [-0.1, -0.05) is 51.8 Å². The van der Waals surface area contributed by atoms with Crippen LogP contribution in [0.3, 0.4) is 0 Å². The van der Waals surface area contributed by atoms with Crippen LogP contribution in [0.1, 0.15) is 21.5 Å². The summed E-state index contributed by atoms with van der Waals surface area (Å²) < 4.78 is 40.2. The molecule has 0 amide bonds. The van der Waals surface area contributed by atoms with Crippen molar-refractivity contribution in [3.05, 3.63) is 110 Å². The highest BCUT2D eigenvalue weighted by atomic mass is 79.9. The van der Waals surface area contributed by atoms with E-state index in [0.29, 0.717) is 16.1 Å². The number of sulfone groups is 1. The number of carbonyl (C=O) groups excluding carboxylic acids is 1. The van der Waals surface area contributed by atoms with Gasteiger partial charge in [0.25, 0.3) is 0 Å². The normalized spacial score (nSPS) is 12.0. The van der Waals surface area contributed by atoms with Gasteiger partial charge in [0.05, 0.1) is 5.75 Å². The van der Waals surface area contributed by atoms with E-state index in [0.717, 1.165) is 4.47 Å². The summed E-state index contributed by atoms with van der Waals surface area (Å²) in [6.07, 6.45) is 1.35. The van der Waals surface area contributed by atoms with E-state index in [4.69, 9.17) is 11.6 Å². The van der Waals surface area contributed by atoms with Crippen LogP contribution in [0, 0.1) is 5.82 Å². The summed E-state index contributed by atoms with van der Waals surface area (Å²) in [6.45, 7) is 0. The van der Waals surface area contributed by atoms with Crippen LogP contribution in [-0.4, -0.2) is 14.2 Å². The molecule has 0 saturated carbocycles. The average molecular weight is 494 g/mol. The van der Waals surface area contributed by atoms with Crippen molar-refractivity contribution < 1.29 is 17.6 Å². The van der Waals surface area contributed by atoms with Gasteiger partial charge in [-0.05, 0) is 65.7 Å². The second-order valence-corrected chi connectivity index (χ2v) is 9.59. The first-order valence-corrected chi connectivity index (χ1v) is 11.3. The Balaban J connectivity index is 2.05. The zero-order chi connectivity index (χ0) is 21.0. The molecule has 0 unspecified atom stereocenters. The summed E-state index contributed by atoms with van der Waals surface area (Å²) in [4.78, 5) is 12.7. The topological polar surface area (TPSA) is 51.2 Å². The summed E-state index contributed by atoms with van der Waals surface area (Å²) in [7, 11) is -4.01. The van der Waals surface area contributed by atoms with Gasteiger partial charge in [0.2, 0.25) is 5.78 Å². The lowest BCUT2D eigenvalue weighted by Crippen LogP contribution is -2.16. The van der Waals surface area contributed by atoms with E-state index >= 15 is 0 Å². The van der Waals surface area contributed by atoms with Crippen LogP contribution >= 0.6 is 27.5 Å². The molecule has 0 heterocycles. The quantitative estimate of drug-likeness (QED) is 0.309. The second-order valence-electron chi connectivity index (χ2n) is 6.28. The predicted octanol–water partition coefficient (Wildman–Crippen LogP) is 6.08. The predicted molar refractivity (Wildman–Crippen MR) is 117 cm³/mol. The van der Waals surface area contributed by atoms with E-state index in [9.17, 15) is 17.6 Å². The Morgan fingerprint density at radius 2 is 1.52 bits per heavy atom. The van der Waals surface area contributed by atoms with Gasteiger partial charge in [0.1, 0.15) is 10.7 Å². The highest BCUT2D eigenvalue weighted by molar-refractivity contribution is 9.10. The Morgan fingerprint density at radius 1 is 0.931 bits per heavy atom. The molecule has 3 nitrogen and oxygen atoms in total. The van der Waals surface area contributed by atoms with Gasteiger partial charge in [-0.25, -0.2) is 12.8 Å². The van der Waals surface area contributed by atoms with Crippen molar-refractivity contribution in [3.63, 3.8) is 0 Å². The van der Waals surface area contributed by atoms with Crippen LogP contribution in [0.15, 0.2) is 82.2 Å².